The van der Waals surface area contributed by atoms with Gasteiger partial charge in [-0.25, -0.2) is 0 Å². The second-order valence-electron chi connectivity index (χ2n) is 3.07. The van der Waals surface area contributed by atoms with Crippen LogP contribution in [0.1, 0.15) is 15.9 Å². The highest BCUT2D eigenvalue weighted by atomic mass is 16.1. The molecule has 0 aliphatic heterocycles. The van der Waals surface area contributed by atoms with Crippen molar-refractivity contribution in [2.75, 3.05) is 0 Å². The first-order valence-electron chi connectivity index (χ1n) is 4.11. The standard InChI is InChI=1S/C11H9NO/c1-8-4-9-2-3-12-6-11(9)10(5-8)7-13/h2-7H,1H3. The Balaban J connectivity index is 2.89. The van der Waals surface area contributed by atoms with Gasteiger partial charge >= 0.3 is 0 Å². The van der Waals surface area contributed by atoms with Crippen molar-refractivity contribution >= 4 is 17.1 Å². The summed E-state index contributed by atoms with van der Waals surface area (Å²) < 4.78 is 0. The number of hydrogen-bond donors (Lipinski definition) is 0. The van der Waals surface area contributed by atoms with Gasteiger partial charge in [0.1, 0.15) is 0 Å². The molecule has 1 aromatic carbocycles. The predicted octanol–water partition coefficient (Wildman–Crippen LogP) is 2.36. The Morgan fingerprint density at radius 3 is 3.00 bits per heavy atom. The Bertz CT molecular complexity index is 463. The van der Waals surface area contributed by atoms with E-state index < -0.39 is 0 Å². The van der Waals surface area contributed by atoms with Gasteiger partial charge in [-0.15, -0.1) is 0 Å². The number of benzene rings is 1. The van der Waals surface area contributed by atoms with Crippen molar-refractivity contribution in [2.24, 2.45) is 0 Å². The molecule has 0 saturated carbocycles. The molecule has 0 amide bonds. The number of carbonyl (C=O) groups is 1. The van der Waals surface area contributed by atoms with Gasteiger partial charge < -0.3 is 0 Å². The molecule has 0 atom stereocenters. The summed E-state index contributed by atoms with van der Waals surface area (Å²) >= 11 is 0. The van der Waals surface area contributed by atoms with E-state index in [2.05, 4.69) is 4.98 Å². The number of nitrogens with zero attached hydrogens (tertiary/aromatic N) is 1. The molecule has 0 unspecified atom stereocenters. The number of hydrogen-bond acceptors (Lipinski definition) is 2. The maximum Gasteiger partial charge on any atom is 0.150 e. The van der Waals surface area contributed by atoms with Gasteiger partial charge in [0.05, 0.1) is 0 Å². The topological polar surface area (TPSA) is 30.0 Å². The van der Waals surface area contributed by atoms with E-state index in [0.29, 0.717) is 5.56 Å². The minimum atomic E-state index is 0.711. The van der Waals surface area contributed by atoms with Crippen molar-refractivity contribution in [3.8, 4) is 0 Å². The molecule has 1 heterocycles. The van der Waals surface area contributed by atoms with E-state index >= 15 is 0 Å². The fraction of sp³-hybridized carbons (Fsp3) is 0.0909. The lowest BCUT2D eigenvalue weighted by Crippen LogP contribution is -1.86. The normalized spacial score (nSPS) is 10.2. The van der Waals surface area contributed by atoms with Crippen molar-refractivity contribution in [1.29, 1.82) is 0 Å². The van der Waals surface area contributed by atoms with Crippen LogP contribution >= 0.6 is 0 Å². The average molecular weight is 171 g/mol. The third kappa shape index (κ3) is 1.31. The average Bonchev–Trinajstić information content (AvgIpc) is 2.16. The molecule has 0 bridgehead atoms. The van der Waals surface area contributed by atoms with E-state index in [9.17, 15) is 4.79 Å². The zero-order valence-electron chi connectivity index (χ0n) is 7.32. The summed E-state index contributed by atoms with van der Waals surface area (Å²) in [5.41, 5.74) is 1.81. The monoisotopic (exact) mass is 171 g/mol. The third-order valence-electron chi connectivity index (χ3n) is 2.06. The largest absolute Gasteiger partial charge is 0.298 e. The van der Waals surface area contributed by atoms with Gasteiger partial charge in [0, 0.05) is 23.3 Å². The highest BCUT2D eigenvalue weighted by Crippen LogP contribution is 2.18. The maximum atomic E-state index is 10.7. The molecule has 0 N–H and O–H groups in total. The zero-order chi connectivity index (χ0) is 9.26. The Morgan fingerprint density at radius 1 is 1.38 bits per heavy atom. The van der Waals surface area contributed by atoms with Gasteiger partial charge in [0.2, 0.25) is 0 Å². The van der Waals surface area contributed by atoms with E-state index in [1.54, 1.807) is 12.4 Å². The van der Waals surface area contributed by atoms with Gasteiger partial charge in [-0.1, -0.05) is 6.07 Å². The Labute approximate surface area is 76.2 Å². The second kappa shape index (κ2) is 2.98. The van der Waals surface area contributed by atoms with Crippen LogP contribution in [0.2, 0.25) is 0 Å². The van der Waals surface area contributed by atoms with Crippen molar-refractivity contribution in [3.63, 3.8) is 0 Å². The molecule has 13 heavy (non-hydrogen) atoms. The number of aryl methyl sites for hydroxylation is 1. The van der Waals surface area contributed by atoms with Crippen LogP contribution in [0.5, 0.6) is 0 Å². The minimum absolute atomic E-state index is 0.711. The second-order valence-corrected chi connectivity index (χ2v) is 3.07. The molecule has 2 aromatic rings. The molecule has 1 aromatic heterocycles. The number of aromatic nitrogens is 1. The van der Waals surface area contributed by atoms with Gasteiger partial charge in [-0.05, 0) is 30.0 Å². The summed E-state index contributed by atoms with van der Waals surface area (Å²) in [5, 5.41) is 1.99. The van der Waals surface area contributed by atoms with Crippen molar-refractivity contribution in [1.82, 2.24) is 4.98 Å². The number of carbonyl (C=O) groups excluding carboxylic acids is 1. The Morgan fingerprint density at radius 2 is 2.23 bits per heavy atom. The predicted molar refractivity (Wildman–Crippen MR) is 51.9 cm³/mol. The molecule has 2 rings (SSSR count). The molecule has 2 nitrogen and oxygen atoms in total. The van der Waals surface area contributed by atoms with Crippen LogP contribution in [-0.4, -0.2) is 11.3 Å². The number of rotatable bonds is 1. The third-order valence-corrected chi connectivity index (χ3v) is 2.06. The molecular weight excluding hydrogens is 162 g/mol. The van der Waals surface area contributed by atoms with E-state index in [4.69, 9.17) is 0 Å². The molecule has 0 aliphatic rings. The van der Waals surface area contributed by atoms with Crippen LogP contribution in [0.25, 0.3) is 10.8 Å². The molecular formula is C11H9NO. The summed E-state index contributed by atoms with van der Waals surface area (Å²) in [6.45, 7) is 1.98. The number of pyridine rings is 1. The van der Waals surface area contributed by atoms with Gasteiger partial charge in [-0.3, -0.25) is 9.78 Å². The molecule has 0 aliphatic carbocycles. The lowest BCUT2D eigenvalue weighted by Gasteiger charge is -2.01. The Hall–Kier alpha value is -1.70. The Kier molecular flexibility index (Phi) is 1.81. The number of fused-ring (bicyclic) bond motifs is 1. The summed E-state index contributed by atoms with van der Waals surface area (Å²) in [6, 6.07) is 5.83. The minimum Gasteiger partial charge on any atom is -0.298 e. The summed E-state index contributed by atoms with van der Waals surface area (Å²) in [6.07, 6.45) is 4.33. The molecule has 0 fully saturated rings. The van der Waals surface area contributed by atoms with Crippen LogP contribution in [0.4, 0.5) is 0 Å². The van der Waals surface area contributed by atoms with Crippen LogP contribution in [0, 0.1) is 6.92 Å². The van der Waals surface area contributed by atoms with Crippen LogP contribution < -0.4 is 0 Å². The SMILES string of the molecule is Cc1cc(C=O)c2cnccc2c1. The first kappa shape index (κ1) is 7.92. The highest BCUT2D eigenvalue weighted by molar-refractivity contribution is 5.97. The van der Waals surface area contributed by atoms with E-state index in [-0.39, 0.29) is 0 Å². The van der Waals surface area contributed by atoms with E-state index in [1.165, 1.54) is 0 Å². The first-order chi connectivity index (χ1) is 6.31. The zero-order valence-corrected chi connectivity index (χ0v) is 7.32. The van der Waals surface area contributed by atoms with E-state index in [1.807, 2.05) is 25.1 Å². The van der Waals surface area contributed by atoms with Crippen LogP contribution in [-0.2, 0) is 0 Å². The summed E-state index contributed by atoms with van der Waals surface area (Å²) in [7, 11) is 0. The smallest absolute Gasteiger partial charge is 0.150 e. The first-order valence-corrected chi connectivity index (χ1v) is 4.11. The number of aldehydes is 1. The summed E-state index contributed by atoms with van der Waals surface area (Å²) in [5.74, 6) is 0. The fourth-order valence-corrected chi connectivity index (χ4v) is 1.48. The highest BCUT2D eigenvalue weighted by Gasteiger charge is 2.00. The quantitative estimate of drug-likeness (QED) is 0.616. The molecule has 0 spiro atoms. The van der Waals surface area contributed by atoms with Crippen molar-refractivity contribution < 1.29 is 4.79 Å². The van der Waals surface area contributed by atoms with Crippen molar-refractivity contribution in [2.45, 2.75) is 6.92 Å². The molecule has 64 valence electrons. The van der Waals surface area contributed by atoms with Crippen LogP contribution in [0.15, 0.2) is 30.6 Å². The van der Waals surface area contributed by atoms with Gasteiger partial charge in [0.25, 0.3) is 0 Å². The molecule has 0 radical (unpaired) electrons. The lowest BCUT2D eigenvalue weighted by molar-refractivity contribution is 0.112. The molecule has 2 heteroatoms. The van der Waals surface area contributed by atoms with E-state index in [0.717, 1.165) is 22.6 Å². The lowest BCUT2D eigenvalue weighted by atomic mass is 10.0. The van der Waals surface area contributed by atoms with Gasteiger partial charge in [-0.2, -0.15) is 0 Å². The summed E-state index contributed by atoms with van der Waals surface area (Å²) in [4.78, 5) is 14.7. The maximum absolute atomic E-state index is 10.7. The van der Waals surface area contributed by atoms with Gasteiger partial charge in [0.15, 0.2) is 6.29 Å². The fourth-order valence-electron chi connectivity index (χ4n) is 1.48. The van der Waals surface area contributed by atoms with Crippen LogP contribution in [0.3, 0.4) is 0 Å². The molecule has 0 saturated heterocycles. The van der Waals surface area contributed by atoms with Crippen molar-refractivity contribution in [3.05, 3.63) is 41.7 Å².